The van der Waals surface area contributed by atoms with Crippen molar-refractivity contribution in [2.45, 2.75) is 25.7 Å². The number of ketones is 1. The standard InChI is InChI=1S/C12H19N3O/c1-9(16)12-7-11(13-15(12)3)10-5-4-6-14(2)8-10/h7,10H,4-6,8H2,1-3H3. The number of likely N-dealkylation sites (tertiary alicyclic amines) is 1. The third-order valence-corrected chi connectivity index (χ3v) is 3.30. The smallest absolute Gasteiger partial charge is 0.177 e. The maximum Gasteiger partial charge on any atom is 0.177 e. The zero-order valence-corrected chi connectivity index (χ0v) is 10.2. The molecule has 1 aliphatic rings. The molecule has 2 heterocycles. The number of carbonyl (C=O) groups is 1. The lowest BCUT2D eigenvalue weighted by molar-refractivity contribution is 0.100. The first kappa shape index (κ1) is 11.3. The number of piperidine rings is 1. The van der Waals surface area contributed by atoms with E-state index in [1.807, 2.05) is 13.1 Å². The van der Waals surface area contributed by atoms with E-state index in [0.717, 1.165) is 12.2 Å². The van der Waals surface area contributed by atoms with Crippen molar-refractivity contribution >= 4 is 5.78 Å². The summed E-state index contributed by atoms with van der Waals surface area (Å²) in [7, 11) is 3.98. The molecule has 0 aliphatic carbocycles. The first-order chi connectivity index (χ1) is 7.58. The van der Waals surface area contributed by atoms with E-state index >= 15 is 0 Å². The van der Waals surface area contributed by atoms with Crippen molar-refractivity contribution in [2.24, 2.45) is 7.05 Å². The summed E-state index contributed by atoms with van der Waals surface area (Å²) in [6.07, 6.45) is 2.39. The highest BCUT2D eigenvalue weighted by atomic mass is 16.1. The van der Waals surface area contributed by atoms with Gasteiger partial charge in [0.05, 0.1) is 5.69 Å². The van der Waals surface area contributed by atoms with Gasteiger partial charge in [-0.15, -0.1) is 0 Å². The van der Waals surface area contributed by atoms with Crippen LogP contribution >= 0.6 is 0 Å². The van der Waals surface area contributed by atoms with E-state index in [1.165, 1.54) is 19.4 Å². The summed E-state index contributed by atoms with van der Waals surface area (Å²) in [5.41, 5.74) is 1.78. The molecule has 0 amide bonds. The molecule has 0 saturated carbocycles. The highest BCUT2D eigenvalue weighted by Gasteiger charge is 2.22. The van der Waals surface area contributed by atoms with Gasteiger partial charge in [0.25, 0.3) is 0 Å². The lowest BCUT2D eigenvalue weighted by atomic mass is 9.95. The van der Waals surface area contributed by atoms with Crippen LogP contribution in [0.1, 0.15) is 41.9 Å². The first-order valence-electron chi connectivity index (χ1n) is 5.81. The van der Waals surface area contributed by atoms with Gasteiger partial charge in [-0.1, -0.05) is 0 Å². The molecule has 1 fully saturated rings. The fourth-order valence-corrected chi connectivity index (χ4v) is 2.43. The molecule has 1 aliphatic heterocycles. The number of aromatic nitrogens is 2. The van der Waals surface area contributed by atoms with Crippen LogP contribution in [0.15, 0.2) is 6.07 Å². The summed E-state index contributed by atoms with van der Waals surface area (Å²) < 4.78 is 1.70. The lowest BCUT2D eigenvalue weighted by Crippen LogP contribution is -2.31. The second-order valence-electron chi connectivity index (χ2n) is 4.74. The molecule has 0 aromatic carbocycles. The van der Waals surface area contributed by atoms with Crippen LogP contribution in [-0.2, 0) is 7.05 Å². The molecule has 1 atom stereocenters. The number of rotatable bonds is 2. The Balaban J connectivity index is 2.20. The largest absolute Gasteiger partial charge is 0.306 e. The van der Waals surface area contributed by atoms with Gasteiger partial charge in [0.2, 0.25) is 0 Å². The summed E-state index contributed by atoms with van der Waals surface area (Å²) >= 11 is 0. The van der Waals surface area contributed by atoms with Crippen LogP contribution in [0, 0.1) is 0 Å². The number of Topliss-reactive ketones (excluding diaryl/α,β-unsaturated/α-hetero) is 1. The van der Waals surface area contributed by atoms with Gasteiger partial charge in [0.1, 0.15) is 5.69 Å². The quantitative estimate of drug-likeness (QED) is 0.709. The maximum atomic E-state index is 11.4. The Morgan fingerprint density at radius 3 is 2.81 bits per heavy atom. The lowest BCUT2D eigenvalue weighted by Gasteiger charge is -2.28. The van der Waals surface area contributed by atoms with E-state index in [1.54, 1.807) is 11.6 Å². The van der Waals surface area contributed by atoms with Crippen molar-refractivity contribution < 1.29 is 4.79 Å². The van der Waals surface area contributed by atoms with Crippen molar-refractivity contribution in [3.63, 3.8) is 0 Å². The molecule has 1 unspecified atom stereocenters. The fraction of sp³-hybridized carbons (Fsp3) is 0.667. The number of aryl methyl sites for hydroxylation is 1. The van der Waals surface area contributed by atoms with Crippen molar-refractivity contribution in [3.05, 3.63) is 17.5 Å². The van der Waals surface area contributed by atoms with Gasteiger partial charge in [-0.05, 0) is 32.5 Å². The summed E-state index contributed by atoms with van der Waals surface area (Å²) in [5.74, 6) is 0.573. The molecule has 1 aromatic rings. The highest BCUT2D eigenvalue weighted by Crippen LogP contribution is 2.25. The molecule has 1 aromatic heterocycles. The fourth-order valence-electron chi connectivity index (χ4n) is 2.43. The zero-order valence-electron chi connectivity index (χ0n) is 10.2. The Hall–Kier alpha value is -1.16. The van der Waals surface area contributed by atoms with Crippen LogP contribution in [-0.4, -0.2) is 40.6 Å². The average Bonchev–Trinajstić information content (AvgIpc) is 2.60. The van der Waals surface area contributed by atoms with E-state index < -0.39 is 0 Å². The summed E-state index contributed by atoms with van der Waals surface area (Å²) in [5, 5.41) is 4.46. The highest BCUT2D eigenvalue weighted by molar-refractivity contribution is 5.92. The normalized spacial score (nSPS) is 22.3. The van der Waals surface area contributed by atoms with Gasteiger partial charge >= 0.3 is 0 Å². The third kappa shape index (κ3) is 2.16. The second kappa shape index (κ2) is 4.37. The molecular formula is C12H19N3O. The minimum absolute atomic E-state index is 0.0883. The van der Waals surface area contributed by atoms with Crippen molar-refractivity contribution in [2.75, 3.05) is 20.1 Å². The topological polar surface area (TPSA) is 38.1 Å². The molecule has 0 N–H and O–H groups in total. The number of carbonyl (C=O) groups excluding carboxylic acids is 1. The van der Waals surface area contributed by atoms with Gasteiger partial charge in [-0.3, -0.25) is 9.48 Å². The average molecular weight is 221 g/mol. The Morgan fingerprint density at radius 1 is 1.50 bits per heavy atom. The van der Waals surface area contributed by atoms with Crippen LogP contribution in [0.2, 0.25) is 0 Å². The van der Waals surface area contributed by atoms with E-state index in [2.05, 4.69) is 17.0 Å². The SMILES string of the molecule is CC(=O)c1cc(C2CCCN(C)C2)nn1C. The van der Waals surface area contributed by atoms with Crippen LogP contribution in [0.3, 0.4) is 0 Å². The van der Waals surface area contributed by atoms with E-state index in [9.17, 15) is 4.79 Å². The predicted octanol–water partition coefficient (Wildman–Crippen LogP) is 1.43. The third-order valence-electron chi connectivity index (χ3n) is 3.30. The molecule has 4 heteroatoms. The van der Waals surface area contributed by atoms with E-state index in [4.69, 9.17) is 0 Å². The number of likely N-dealkylation sites (N-methyl/N-ethyl adjacent to an activating group) is 1. The molecule has 4 nitrogen and oxygen atoms in total. The maximum absolute atomic E-state index is 11.4. The second-order valence-corrected chi connectivity index (χ2v) is 4.74. The van der Waals surface area contributed by atoms with Gasteiger partial charge in [-0.25, -0.2) is 0 Å². The predicted molar refractivity (Wildman–Crippen MR) is 62.7 cm³/mol. The molecule has 0 bridgehead atoms. The van der Waals surface area contributed by atoms with Crippen molar-refractivity contribution in [1.82, 2.24) is 14.7 Å². The van der Waals surface area contributed by atoms with Gasteiger partial charge in [0.15, 0.2) is 5.78 Å². The number of hydrogen-bond acceptors (Lipinski definition) is 3. The molecular weight excluding hydrogens is 202 g/mol. The molecule has 0 spiro atoms. The van der Waals surface area contributed by atoms with Gasteiger partial charge in [0, 0.05) is 26.4 Å². The monoisotopic (exact) mass is 221 g/mol. The van der Waals surface area contributed by atoms with E-state index in [0.29, 0.717) is 11.6 Å². The Labute approximate surface area is 96.2 Å². The summed E-state index contributed by atoms with van der Waals surface area (Å²) in [6.45, 7) is 3.81. The van der Waals surface area contributed by atoms with Crippen molar-refractivity contribution in [3.8, 4) is 0 Å². The number of nitrogens with zero attached hydrogens (tertiary/aromatic N) is 3. The number of hydrogen-bond donors (Lipinski definition) is 0. The first-order valence-corrected chi connectivity index (χ1v) is 5.81. The van der Waals surface area contributed by atoms with Gasteiger partial charge < -0.3 is 4.90 Å². The summed E-state index contributed by atoms with van der Waals surface area (Å²) in [4.78, 5) is 13.7. The molecule has 1 saturated heterocycles. The zero-order chi connectivity index (χ0) is 11.7. The van der Waals surface area contributed by atoms with Crippen LogP contribution in [0.4, 0.5) is 0 Å². The Morgan fingerprint density at radius 2 is 2.25 bits per heavy atom. The van der Waals surface area contributed by atoms with Crippen molar-refractivity contribution in [1.29, 1.82) is 0 Å². The molecule has 16 heavy (non-hydrogen) atoms. The summed E-state index contributed by atoms with van der Waals surface area (Å²) in [6, 6.07) is 1.95. The minimum atomic E-state index is 0.0883. The minimum Gasteiger partial charge on any atom is -0.306 e. The van der Waals surface area contributed by atoms with Gasteiger partial charge in [-0.2, -0.15) is 5.10 Å². The van der Waals surface area contributed by atoms with Crippen LogP contribution < -0.4 is 0 Å². The van der Waals surface area contributed by atoms with Crippen LogP contribution in [0.5, 0.6) is 0 Å². The molecule has 2 rings (SSSR count). The molecule has 88 valence electrons. The Kier molecular flexibility index (Phi) is 3.10. The molecule has 0 radical (unpaired) electrons. The van der Waals surface area contributed by atoms with Crippen LogP contribution in [0.25, 0.3) is 0 Å². The van der Waals surface area contributed by atoms with E-state index in [-0.39, 0.29) is 5.78 Å². The Bertz CT molecular complexity index is 397.